The molecule has 0 unspecified atom stereocenters. The summed E-state index contributed by atoms with van der Waals surface area (Å²) in [7, 11) is 1.84. The van der Waals surface area contributed by atoms with Crippen LogP contribution < -0.4 is 0 Å². The zero-order chi connectivity index (χ0) is 10.8. The first kappa shape index (κ1) is 10.4. The lowest BCUT2D eigenvalue weighted by molar-refractivity contribution is 0.111. The van der Waals surface area contributed by atoms with Crippen LogP contribution in [-0.2, 0) is 7.05 Å². The Morgan fingerprint density at radius 1 is 1.33 bits per heavy atom. The van der Waals surface area contributed by atoms with Gasteiger partial charge < -0.3 is 0 Å². The Morgan fingerprint density at radius 2 is 2.00 bits per heavy atom. The van der Waals surface area contributed by atoms with E-state index < -0.39 is 0 Å². The minimum absolute atomic E-state index is 0.497. The molecule has 0 aliphatic carbocycles. The number of rotatable bonds is 2. The summed E-state index contributed by atoms with van der Waals surface area (Å²) in [5.74, 6) is 0. The highest BCUT2D eigenvalue weighted by atomic mass is 127. The summed E-state index contributed by atoms with van der Waals surface area (Å²) in [5.41, 5.74) is 2.56. The van der Waals surface area contributed by atoms with Crippen molar-refractivity contribution >= 4 is 28.9 Å². The molecule has 2 rings (SSSR count). The van der Waals surface area contributed by atoms with E-state index in [2.05, 4.69) is 27.7 Å². The van der Waals surface area contributed by atoms with E-state index in [1.54, 1.807) is 4.68 Å². The van der Waals surface area contributed by atoms with E-state index in [9.17, 15) is 4.79 Å². The molecule has 0 bridgehead atoms. The van der Waals surface area contributed by atoms with Crippen molar-refractivity contribution in [2.45, 2.75) is 0 Å². The van der Waals surface area contributed by atoms with E-state index in [1.807, 2.05) is 37.4 Å². The molecular weight excluding hydrogens is 303 g/mol. The van der Waals surface area contributed by atoms with E-state index in [0.717, 1.165) is 21.1 Å². The molecule has 0 aliphatic rings. The maximum atomic E-state index is 10.7. The zero-order valence-corrected chi connectivity index (χ0v) is 10.3. The standard InChI is InChI=1S/C11H9IN2O/c1-14-11(8-5-3-2-4-6-8)10(12)9(7-15)13-14/h2-7H,1H3. The predicted octanol–water partition coefficient (Wildman–Crippen LogP) is 2.50. The van der Waals surface area contributed by atoms with Crippen LogP contribution in [0.5, 0.6) is 0 Å². The van der Waals surface area contributed by atoms with Crippen molar-refractivity contribution in [1.29, 1.82) is 0 Å². The SMILES string of the molecule is Cn1nc(C=O)c(I)c1-c1ccccc1. The Balaban J connectivity index is 2.63. The third-order valence-corrected chi connectivity index (χ3v) is 3.24. The number of carbonyl (C=O) groups excluding carboxylic acids is 1. The van der Waals surface area contributed by atoms with Crippen LogP contribution in [0.25, 0.3) is 11.3 Å². The first-order valence-electron chi connectivity index (χ1n) is 4.47. The number of hydrogen-bond donors (Lipinski definition) is 0. The van der Waals surface area contributed by atoms with Crippen LogP contribution >= 0.6 is 22.6 Å². The third-order valence-electron chi connectivity index (χ3n) is 2.17. The molecule has 15 heavy (non-hydrogen) atoms. The molecule has 1 aromatic carbocycles. The van der Waals surface area contributed by atoms with Crippen molar-refractivity contribution in [2.24, 2.45) is 7.05 Å². The monoisotopic (exact) mass is 312 g/mol. The fourth-order valence-electron chi connectivity index (χ4n) is 1.50. The maximum Gasteiger partial charge on any atom is 0.171 e. The van der Waals surface area contributed by atoms with Gasteiger partial charge in [-0.25, -0.2) is 0 Å². The molecule has 0 atom stereocenters. The van der Waals surface area contributed by atoms with Gasteiger partial charge in [0.25, 0.3) is 0 Å². The topological polar surface area (TPSA) is 34.9 Å². The normalized spacial score (nSPS) is 10.3. The van der Waals surface area contributed by atoms with Gasteiger partial charge in [-0.15, -0.1) is 0 Å². The van der Waals surface area contributed by atoms with Crippen molar-refractivity contribution in [3.05, 3.63) is 39.6 Å². The molecule has 76 valence electrons. The Kier molecular flexibility index (Phi) is 2.86. The fourth-order valence-corrected chi connectivity index (χ4v) is 2.40. The molecule has 0 saturated heterocycles. The van der Waals surface area contributed by atoms with Gasteiger partial charge in [-0.05, 0) is 22.6 Å². The Bertz CT molecular complexity index is 491. The molecular formula is C11H9IN2O. The van der Waals surface area contributed by atoms with Crippen molar-refractivity contribution in [3.8, 4) is 11.3 Å². The summed E-state index contributed by atoms with van der Waals surface area (Å²) in [6.45, 7) is 0. The predicted molar refractivity (Wildman–Crippen MR) is 66.7 cm³/mol. The maximum absolute atomic E-state index is 10.7. The fraction of sp³-hybridized carbons (Fsp3) is 0.0909. The molecule has 0 aliphatic heterocycles. The molecule has 0 radical (unpaired) electrons. The van der Waals surface area contributed by atoms with Crippen LogP contribution in [0.1, 0.15) is 10.5 Å². The lowest BCUT2D eigenvalue weighted by Gasteiger charge is -2.01. The van der Waals surface area contributed by atoms with Crippen LogP contribution in [0.3, 0.4) is 0 Å². The van der Waals surface area contributed by atoms with Crippen molar-refractivity contribution < 1.29 is 4.79 Å². The lowest BCUT2D eigenvalue weighted by atomic mass is 10.1. The van der Waals surface area contributed by atoms with Crippen molar-refractivity contribution in [1.82, 2.24) is 9.78 Å². The average Bonchev–Trinajstić information content (AvgIpc) is 2.55. The highest BCUT2D eigenvalue weighted by molar-refractivity contribution is 14.1. The Morgan fingerprint density at radius 3 is 2.53 bits per heavy atom. The van der Waals surface area contributed by atoms with Crippen LogP contribution in [0.2, 0.25) is 0 Å². The number of halogens is 1. The Labute approximate surface area is 101 Å². The summed E-state index contributed by atoms with van der Waals surface area (Å²) < 4.78 is 2.64. The van der Waals surface area contributed by atoms with Crippen molar-refractivity contribution in [3.63, 3.8) is 0 Å². The number of carbonyl (C=O) groups is 1. The second kappa shape index (κ2) is 4.14. The van der Waals surface area contributed by atoms with Gasteiger partial charge in [-0.3, -0.25) is 9.48 Å². The van der Waals surface area contributed by atoms with E-state index in [0.29, 0.717) is 5.69 Å². The molecule has 4 heteroatoms. The highest BCUT2D eigenvalue weighted by Gasteiger charge is 2.13. The quantitative estimate of drug-likeness (QED) is 0.631. The number of aldehydes is 1. The van der Waals surface area contributed by atoms with Gasteiger partial charge in [0, 0.05) is 12.6 Å². The number of benzene rings is 1. The second-order valence-electron chi connectivity index (χ2n) is 3.16. The minimum atomic E-state index is 0.497. The van der Waals surface area contributed by atoms with Gasteiger partial charge in [-0.1, -0.05) is 30.3 Å². The van der Waals surface area contributed by atoms with Gasteiger partial charge in [0.2, 0.25) is 0 Å². The smallest absolute Gasteiger partial charge is 0.171 e. The average molecular weight is 312 g/mol. The van der Waals surface area contributed by atoms with E-state index in [1.165, 1.54) is 0 Å². The number of aromatic nitrogens is 2. The molecule has 0 N–H and O–H groups in total. The number of hydrogen-bond acceptors (Lipinski definition) is 2. The van der Waals surface area contributed by atoms with Gasteiger partial charge in [0.1, 0.15) is 5.69 Å². The largest absolute Gasteiger partial charge is 0.296 e. The van der Waals surface area contributed by atoms with E-state index in [-0.39, 0.29) is 0 Å². The molecule has 1 heterocycles. The van der Waals surface area contributed by atoms with E-state index in [4.69, 9.17) is 0 Å². The highest BCUT2D eigenvalue weighted by Crippen LogP contribution is 2.26. The summed E-state index contributed by atoms with van der Waals surface area (Å²) in [4.78, 5) is 10.7. The second-order valence-corrected chi connectivity index (χ2v) is 4.23. The van der Waals surface area contributed by atoms with Crippen molar-refractivity contribution in [2.75, 3.05) is 0 Å². The molecule has 0 fully saturated rings. The molecule has 0 amide bonds. The molecule has 2 aromatic rings. The summed E-state index contributed by atoms with van der Waals surface area (Å²) in [6.07, 6.45) is 0.786. The third kappa shape index (κ3) is 1.81. The number of nitrogens with zero attached hydrogens (tertiary/aromatic N) is 2. The summed E-state index contributed by atoms with van der Waals surface area (Å²) in [6, 6.07) is 9.92. The molecule has 1 aromatic heterocycles. The van der Waals surface area contributed by atoms with Crippen LogP contribution in [0.4, 0.5) is 0 Å². The van der Waals surface area contributed by atoms with E-state index >= 15 is 0 Å². The molecule has 0 spiro atoms. The van der Waals surface area contributed by atoms with Crippen LogP contribution in [-0.4, -0.2) is 16.1 Å². The first-order valence-corrected chi connectivity index (χ1v) is 5.55. The number of aryl methyl sites for hydroxylation is 1. The summed E-state index contributed by atoms with van der Waals surface area (Å²) in [5, 5.41) is 4.15. The molecule has 3 nitrogen and oxygen atoms in total. The summed E-state index contributed by atoms with van der Waals surface area (Å²) >= 11 is 2.15. The van der Waals surface area contributed by atoms with Gasteiger partial charge in [0.05, 0.1) is 9.26 Å². The Hall–Kier alpha value is -1.17. The van der Waals surface area contributed by atoms with Gasteiger partial charge >= 0.3 is 0 Å². The molecule has 0 saturated carbocycles. The van der Waals surface area contributed by atoms with Crippen LogP contribution in [0.15, 0.2) is 30.3 Å². The van der Waals surface area contributed by atoms with Crippen LogP contribution in [0, 0.1) is 3.57 Å². The first-order chi connectivity index (χ1) is 7.24. The zero-order valence-electron chi connectivity index (χ0n) is 8.14. The lowest BCUT2D eigenvalue weighted by Crippen LogP contribution is -1.94. The van der Waals surface area contributed by atoms with Gasteiger partial charge in [0.15, 0.2) is 6.29 Å². The minimum Gasteiger partial charge on any atom is -0.296 e. The van der Waals surface area contributed by atoms with Gasteiger partial charge in [-0.2, -0.15) is 5.10 Å².